The first kappa shape index (κ1) is 12.8. The van der Waals surface area contributed by atoms with Gasteiger partial charge in [-0.3, -0.25) is 0 Å². The Morgan fingerprint density at radius 2 is 1.35 bits per heavy atom. The fraction of sp³-hybridized carbons (Fsp3) is 0. The third-order valence-electron chi connectivity index (χ3n) is 2.87. The molecule has 2 aromatic carbocycles. The average Bonchev–Trinajstić information content (AvgIpc) is 2.51. The maximum atomic E-state index is 9.00. The Morgan fingerprint density at radius 1 is 0.850 bits per heavy atom. The van der Waals surface area contributed by atoms with Crippen molar-refractivity contribution in [2.24, 2.45) is 0 Å². The predicted octanol–water partition coefficient (Wildman–Crippen LogP) is 1.94. The highest BCUT2D eigenvalue weighted by Gasteiger charge is 2.09. The van der Waals surface area contributed by atoms with Gasteiger partial charge in [0.05, 0.1) is 5.22 Å². The van der Waals surface area contributed by atoms with Crippen LogP contribution < -0.4 is 10.4 Å². The molecule has 2 rings (SSSR count). The van der Waals surface area contributed by atoms with E-state index in [2.05, 4.69) is 9.69 Å². The maximum Gasteiger partial charge on any atom is 0.527 e. The third kappa shape index (κ3) is 1.95. The van der Waals surface area contributed by atoms with E-state index in [0.717, 1.165) is 0 Å². The molecule has 0 saturated carbocycles. The molecule has 0 heterocycles. The van der Waals surface area contributed by atoms with Crippen molar-refractivity contribution in [2.45, 2.75) is 0 Å². The van der Waals surface area contributed by atoms with Gasteiger partial charge < -0.3 is 0 Å². The van der Waals surface area contributed by atoms with Gasteiger partial charge in [-0.05, 0) is 10.8 Å². The molecule has 0 fully saturated rings. The summed E-state index contributed by atoms with van der Waals surface area (Å²) in [6.45, 7) is 14.1. The van der Waals surface area contributed by atoms with E-state index in [9.17, 15) is 0 Å². The molecular formula is C16H6N4. The Kier molecular flexibility index (Phi) is 3.45. The van der Waals surface area contributed by atoms with Crippen molar-refractivity contribution in [3.05, 3.63) is 69.7 Å². The van der Waals surface area contributed by atoms with Crippen LogP contribution in [0.15, 0.2) is 36.4 Å². The second-order valence-electron chi connectivity index (χ2n) is 3.85. The van der Waals surface area contributed by atoms with Crippen molar-refractivity contribution in [2.75, 3.05) is 0 Å². The van der Waals surface area contributed by atoms with Crippen molar-refractivity contribution >= 4 is 22.2 Å². The molecule has 0 N–H and O–H groups in total. The van der Waals surface area contributed by atoms with Crippen LogP contribution in [-0.2, 0) is 0 Å². The molecule has 2 aromatic rings. The monoisotopic (exact) mass is 254 g/mol. The van der Waals surface area contributed by atoms with Gasteiger partial charge in [0, 0.05) is 5.22 Å². The van der Waals surface area contributed by atoms with Crippen molar-refractivity contribution < 1.29 is 0 Å². The smallest absolute Gasteiger partial charge is 0.192 e. The van der Waals surface area contributed by atoms with Crippen LogP contribution in [0.2, 0.25) is 0 Å². The number of benzene rings is 2. The van der Waals surface area contributed by atoms with E-state index in [1.54, 1.807) is 36.4 Å². The minimum Gasteiger partial charge on any atom is -0.192 e. The number of fused-ring (bicyclic) bond motifs is 1. The Bertz CT molecular complexity index is 872. The summed E-state index contributed by atoms with van der Waals surface area (Å²) < 4.78 is 0. The van der Waals surface area contributed by atoms with E-state index in [1.165, 1.54) is 0 Å². The zero-order valence-corrected chi connectivity index (χ0v) is 10.3. The van der Waals surface area contributed by atoms with E-state index >= 15 is 0 Å². The normalized spacial score (nSPS) is 8.80. The molecule has 0 spiro atoms. The fourth-order valence-electron chi connectivity index (χ4n) is 2.00. The highest BCUT2D eigenvalue weighted by atomic mass is 14.9. The number of hydrogen-bond donors (Lipinski definition) is 0. The average molecular weight is 254 g/mol. The Morgan fingerprint density at radius 3 is 1.85 bits per heavy atom. The molecule has 0 amide bonds. The lowest BCUT2D eigenvalue weighted by Gasteiger charge is -1.99. The molecule has 4 nitrogen and oxygen atoms in total. The summed E-state index contributed by atoms with van der Waals surface area (Å²) in [7, 11) is 0. The standard InChI is InChI=1S/C16H6N4/c1-19-16(20-2)15-8-7-12(11(9-17)10-18)13-5-3-4-6-14(13)15/h3-8H. The molecule has 4 heteroatoms. The van der Waals surface area contributed by atoms with E-state index in [-0.39, 0.29) is 11.4 Å². The Hall–Kier alpha value is -3.60. The molecule has 0 bridgehead atoms. The molecule has 0 aliphatic carbocycles. The van der Waals surface area contributed by atoms with Crippen LogP contribution in [0.5, 0.6) is 0 Å². The number of rotatable bonds is 0. The van der Waals surface area contributed by atoms with Crippen molar-refractivity contribution in [1.29, 1.82) is 10.5 Å². The Labute approximate surface area is 115 Å². The van der Waals surface area contributed by atoms with Gasteiger partial charge in [-0.2, -0.15) is 20.2 Å². The highest BCUT2D eigenvalue weighted by molar-refractivity contribution is 5.90. The van der Waals surface area contributed by atoms with Crippen molar-refractivity contribution in [3.8, 4) is 12.1 Å². The number of hydrogen-bond acceptors (Lipinski definition) is 2. The van der Waals surface area contributed by atoms with Crippen LogP contribution in [0.25, 0.3) is 31.9 Å². The van der Waals surface area contributed by atoms with Crippen LogP contribution >= 0.6 is 0 Å². The van der Waals surface area contributed by atoms with Gasteiger partial charge in [0.15, 0.2) is 0 Å². The molecule has 0 unspecified atom stereocenters. The molecule has 20 heavy (non-hydrogen) atoms. The highest BCUT2D eigenvalue weighted by Crippen LogP contribution is 2.08. The largest absolute Gasteiger partial charge is 0.527 e. The van der Waals surface area contributed by atoms with E-state index < -0.39 is 0 Å². The maximum absolute atomic E-state index is 9.00. The van der Waals surface area contributed by atoms with E-state index in [4.69, 9.17) is 23.7 Å². The SMILES string of the molecule is [C-]#[N+]C([N+]#[C-])=c1ccc(=C(C#N)C#N)c2ccccc12. The van der Waals surface area contributed by atoms with Crippen LogP contribution in [0.4, 0.5) is 0 Å². The van der Waals surface area contributed by atoms with E-state index in [0.29, 0.717) is 21.2 Å². The summed E-state index contributed by atoms with van der Waals surface area (Å²) in [4.78, 5) is 6.43. The zero-order chi connectivity index (χ0) is 14.5. The second-order valence-corrected chi connectivity index (χ2v) is 3.85. The molecule has 0 atom stereocenters. The summed E-state index contributed by atoms with van der Waals surface area (Å²) in [5.74, 6) is -0.0248. The van der Waals surface area contributed by atoms with Crippen molar-refractivity contribution in [1.82, 2.24) is 0 Å². The predicted molar refractivity (Wildman–Crippen MR) is 74.4 cm³/mol. The lowest BCUT2D eigenvalue weighted by molar-refractivity contribution is 1.49. The van der Waals surface area contributed by atoms with Gasteiger partial charge in [0.2, 0.25) is 0 Å². The molecule has 90 valence electrons. The summed E-state index contributed by atoms with van der Waals surface area (Å²) in [6.07, 6.45) is 0. The lowest BCUT2D eigenvalue weighted by Crippen LogP contribution is -2.14. The van der Waals surface area contributed by atoms with Crippen LogP contribution in [0, 0.1) is 35.8 Å². The van der Waals surface area contributed by atoms with Gasteiger partial charge >= 0.3 is 5.82 Å². The molecule has 0 aliphatic rings. The quantitative estimate of drug-likeness (QED) is 0.674. The minimum atomic E-state index is -0.0248. The summed E-state index contributed by atoms with van der Waals surface area (Å²) in [5.41, 5.74) is 0.0138. The van der Waals surface area contributed by atoms with E-state index in [1.807, 2.05) is 12.1 Å². The van der Waals surface area contributed by atoms with Crippen LogP contribution in [-0.4, -0.2) is 0 Å². The van der Waals surface area contributed by atoms with Crippen LogP contribution in [0.3, 0.4) is 0 Å². The third-order valence-corrected chi connectivity index (χ3v) is 2.87. The number of nitriles is 2. The Balaban J connectivity index is 3.21. The second kappa shape index (κ2) is 5.36. The van der Waals surface area contributed by atoms with Gasteiger partial charge in [-0.1, -0.05) is 36.4 Å². The zero-order valence-electron chi connectivity index (χ0n) is 10.3. The van der Waals surface area contributed by atoms with Gasteiger partial charge in [0.1, 0.15) is 30.9 Å². The first-order chi connectivity index (χ1) is 9.76. The fourth-order valence-corrected chi connectivity index (χ4v) is 2.00. The molecule has 0 radical (unpaired) electrons. The molecule has 0 saturated heterocycles. The topological polar surface area (TPSA) is 56.3 Å². The summed E-state index contributed by atoms with van der Waals surface area (Å²) >= 11 is 0. The summed E-state index contributed by atoms with van der Waals surface area (Å²) in [5, 5.41) is 20.4. The summed E-state index contributed by atoms with van der Waals surface area (Å²) in [6, 6.07) is 14.1. The first-order valence-electron chi connectivity index (χ1n) is 5.58. The molecular weight excluding hydrogens is 248 g/mol. The van der Waals surface area contributed by atoms with Crippen molar-refractivity contribution in [3.63, 3.8) is 0 Å². The first-order valence-corrected chi connectivity index (χ1v) is 5.58. The van der Waals surface area contributed by atoms with Gasteiger partial charge in [-0.25, -0.2) is 0 Å². The molecule has 0 aliphatic heterocycles. The van der Waals surface area contributed by atoms with Crippen LogP contribution in [0.1, 0.15) is 0 Å². The number of nitrogens with zero attached hydrogens (tertiary/aromatic N) is 4. The van der Waals surface area contributed by atoms with Gasteiger partial charge in [-0.15, -0.1) is 0 Å². The molecule has 0 aromatic heterocycles. The minimum absolute atomic E-state index is 0.0138. The lowest BCUT2D eigenvalue weighted by atomic mass is 10.0. The van der Waals surface area contributed by atoms with Gasteiger partial charge in [0.25, 0.3) is 0 Å².